The molecule has 0 saturated heterocycles. The number of carbonyl (C=O) groups excluding carboxylic acids is 6. The van der Waals surface area contributed by atoms with Crippen LogP contribution in [0.3, 0.4) is 0 Å². The van der Waals surface area contributed by atoms with Gasteiger partial charge in [-0.2, -0.15) is 10.2 Å². The summed E-state index contributed by atoms with van der Waals surface area (Å²) in [5, 5.41) is 14.8. The fraction of sp³-hybridized carbons (Fsp3) is 0.767. The molecule has 0 atom stereocenters. The molecule has 2 aromatic heterocycles. The van der Waals surface area contributed by atoms with Gasteiger partial charge in [-0.3, -0.25) is 53.7 Å². The average molecular weight is 1080 g/mol. The maximum absolute atomic E-state index is 11.0. The number of aromatic amines is 2. The van der Waals surface area contributed by atoms with E-state index in [0.29, 0.717) is 24.2 Å². The van der Waals surface area contributed by atoms with Crippen molar-refractivity contribution in [3.63, 3.8) is 0 Å². The first-order chi connectivity index (χ1) is 30.9. The van der Waals surface area contributed by atoms with E-state index in [4.69, 9.17) is 0 Å². The lowest BCUT2D eigenvalue weighted by molar-refractivity contribution is -0.130. The number of sulfone groups is 2. The number of sulfonamides is 2. The highest BCUT2D eigenvalue weighted by atomic mass is 32.2. The lowest BCUT2D eigenvalue weighted by atomic mass is 10.1. The molecular formula is C43H87N9O14S4. The Balaban J connectivity index is -0.000000170. The number of carbonyl (C=O) groups is 6. The van der Waals surface area contributed by atoms with E-state index in [0.717, 1.165) is 30.6 Å². The molecule has 0 bridgehead atoms. The van der Waals surface area contributed by atoms with Gasteiger partial charge >= 0.3 is 0 Å². The van der Waals surface area contributed by atoms with Gasteiger partial charge in [0.25, 0.3) is 0 Å². The fourth-order valence-electron chi connectivity index (χ4n) is 4.07. The third-order valence-corrected chi connectivity index (χ3v) is 12.2. The van der Waals surface area contributed by atoms with Crippen molar-refractivity contribution >= 4 is 74.9 Å². The van der Waals surface area contributed by atoms with Crippen molar-refractivity contribution in [3.8, 4) is 0 Å². The first-order valence-corrected chi connectivity index (χ1v) is 29.2. The highest BCUT2D eigenvalue weighted by molar-refractivity contribution is 7.92. The Labute approximate surface area is 419 Å². The Hall–Kier alpha value is -4.50. The number of aromatic nitrogens is 6. The molecule has 2 heterocycles. The van der Waals surface area contributed by atoms with Crippen LogP contribution in [0.5, 0.6) is 0 Å². The molecule has 27 heteroatoms. The van der Waals surface area contributed by atoms with E-state index in [1.54, 1.807) is 27.7 Å². The van der Waals surface area contributed by atoms with Crippen molar-refractivity contribution in [3.05, 3.63) is 24.3 Å². The zero-order chi connectivity index (χ0) is 55.7. The third kappa shape index (κ3) is 59.6. The van der Waals surface area contributed by atoms with Crippen LogP contribution in [0, 0.1) is 29.6 Å². The first-order valence-electron chi connectivity index (χ1n) is 21.9. The van der Waals surface area contributed by atoms with Crippen LogP contribution in [-0.2, 0) is 74.9 Å². The molecular weight excluding hydrogens is 995 g/mol. The Morgan fingerprint density at radius 2 is 1.00 bits per heavy atom. The Kier molecular flexibility index (Phi) is 43.1. The monoisotopic (exact) mass is 1080 g/mol. The number of hydrogen-bond donors (Lipinski definition) is 5. The summed E-state index contributed by atoms with van der Waals surface area (Å²) in [6.45, 7) is 29.9. The number of imide groups is 1. The molecule has 0 aliphatic carbocycles. The van der Waals surface area contributed by atoms with Gasteiger partial charge in [-0.1, -0.05) is 90.5 Å². The molecule has 5 N–H and O–H groups in total. The molecule has 2 aromatic rings. The molecule has 412 valence electrons. The summed E-state index contributed by atoms with van der Waals surface area (Å²) in [4.78, 5) is 71.3. The summed E-state index contributed by atoms with van der Waals surface area (Å²) >= 11 is 0. The van der Waals surface area contributed by atoms with Crippen LogP contribution >= 0.6 is 0 Å². The predicted octanol–water partition coefficient (Wildman–Crippen LogP) is 4.13. The van der Waals surface area contributed by atoms with Gasteiger partial charge in [-0.15, -0.1) is 0 Å². The zero-order valence-electron chi connectivity index (χ0n) is 44.1. The van der Waals surface area contributed by atoms with E-state index in [1.165, 1.54) is 33.4 Å². The number of nitrogens with zero attached hydrogens (tertiary/aromatic N) is 4. The maximum Gasteiger partial charge on any atom is 0.235 e. The van der Waals surface area contributed by atoms with Crippen LogP contribution in [0.15, 0.2) is 12.7 Å². The number of rotatable bonds is 17. The largest absolute Gasteiger partial charge is 0.299 e. The number of H-pyrrole nitrogens is 2. The summed E-state index contributed by atoms with van der Waals surface area (Å²) in [6, 6.07) is 0. The molecule has 0 radical (unpaired) electrons. The van der Waals surface area contributed by atoms with E-state index in [2.05, 4.69) is 63.4 Å². The summed E-state index contributed by atoms with van der Waals surface area (Å²) in [7, 11) is -13.0. The zero-order valence-corrected chi connectivity index (χ0v) is 47.3. The van der Waals surface area contributed by atoms with Crippen molar-refractivity contribution < 1.29 is 62.4 Å². The van der Waals surface area contributed by atoms with Crippen LogP contribution in [-0.4, -0.2) is 134 Å². The van der Waals surface area contributed by atoms with Crippen molar-refractivity contribution in [2.45, 2.75) is 156 Å². The van der Waals surface area contributed by atoms with Gasteiger partial charge < -0.3 is 0 Å². The molecule has 2 rings (SSSR count). The molecule has 70 heavy (non-hydrogen) atoms. The smallest absolute Gasteiger partial charge is 0.235 e. The fourth-order valence-corrected chi connectivity index (χ4v) is 7.82. The predicted molar refractivity (Wildman–Crippen MR) is 274 cm³/mol. The first kappa shape index (κ1) is 77.0. The minimum atomic E-state index is -3.37. The van der Waals surface area contributed by atoms with Gasteiger partial charge in [-0.25, -0.2) is 43.6 Å². The number of ketones is 2. The highest BCUT2D eigenvalue weighted by Gasteiger charge is 2.18. The van der Waals surface area contributed by atoms with Gasteiger partial charge in [-0.05, 0) is 51.4 Å². The summed E-state index contributed by atoms with van der Waals surface area (Å²) in [6.07, 6.45) is 6.62. The Morgan fingerprint density at radius 3 is 1.24 bits per heavy atom. The minimum absolute atomic E-state index is 0. The number of Topliss-reactive ketones (excluding diaryl/α,β-unsaturated/α-hetero) is 2. The SMILES string of the molecule is C.CC(=O)CS(=O)(=O)C(C)C.CC(=O)CS(=O)(=O)CC(C)C.CC(=O)NC(=O)CC(C)C.CC(C)C(=O)NS(C)(=O)=O.CC(C)CC(=O)NS(C)(=O)=O.CC(C)Cc1ncn[nH]1.CC(C)c1ncn[nH]1. The summed E-state index contributed by atoms with van der Waals surface area (Å²) in [5.41, 5.74) is 0. The molecule has 0 aromatic carbocycles. The second-order valence-electron chi connectivity index (χ2n) is 18.3. The quantitative estimate of drug-likeness (QED) is 0.149. The number of nitrogens with one attached hydrogen (secondary N) is 5. The topological polar surface area (TPSA) is 358 Å². The normalized spacial score (nSPS) is 11.0. The van der Waals surface area contributed by atoms with Crippen LogP contribution in [0.2, 0.25) is 0 Å². The van der Waals surface area contributed by atoms with E-state index < -0.39 is 56.8 Å². The van der Waals surface area contributed by atoms with E-state index >= 15 is 0 Å². The van der Waals surface area contributed by atoms with Gasteiger partial charge in [0.1, 0.15) is 47.4 Å². The van der Waals surface area contributed by atoms with E-state index in [-0.39, 0.29) is 72.2 Å². The van der Waals surface area contributed by atoms with E-state index in [9.17, 15) is 62.4 Å². The lowest BCUT2D eigenvalue weighted by Gasteiger charge is -2.03. The van der Waals surface area contributed by atoms with Crippen LogP contribution in [0.4, 0.5) is 0 Å². The Morgan fingerprint density at radius 1 is 0.571 bits per heavy atom. The molecule has 0 spiro atoms. The molecule has 0 saturated carbocycles. The van der Waals surface area contributed by atoms with Gasteiger partial charge in [0.2, 0.25) is 43.7 Å². The molecule has 0 unspecified atom stereocenters. The van der Waals surface area contributed by atoms with Gasteiger partial charge in [0.05, 0.1) is 23.5 Å². The molecule has 23 nitrogen and oxygen atoms in total. The third-order valence-electron chi connectivity index (χ3n) is 6.79. The second kappa shape index (κ2) is 39.2. The minimum Gasteiger partial charge on any atom is -0.299 e. The maximum atomic E-state index is 11.0. The summed E-state index contributed by atoms with van der Waals surface area (Å²) < 4.78 is 89.4. The van der Waals surface area contributed by atoms with Gasteiger partial charge in [0.15, 0.2) is 19.7 Å². The van der Waals surface area contributed by atoms with Crippen LogP contribution < -0.4 is 14.8 Å². The van der Waals surface area contributed by atoms with Crippen molar-refractivity contribution in [1.82, 2.24) is 45.1 Å². The van der Waals surface area contributed by atoms with Gasteiger partial charge in [0, 0.05) is 38.0 Å². The molecule has 0 aliphatic heterocycles. The second-order valence-corrected chi connectivity index (χ2v) is 26.4. The van der Waals surface area contributed by atoms with Crippen LogP contribution in [0.25, 0.3) is 0 Å². The van der Waals surface area contributed by atoms with Crippen LogP contribution in [0.1, 0.15) is 156 Å². The molecule has 0 fully saturated rings. The molecule has 4 amide bonds. The van der Waals surface area contributed by atoms with E-state index in [1.807, 2.05) is 51.0 Å². The summed E-state index contributed by atoms with van der Waals surface area (Å²) in [5.74, 6) is 0.802. The van der Waals surface area contributed by atoms with Crippen molar-refractivity contribution in [1.29, 1.82) is 0 Å². The highest BCUT2D eigenvalue weighted by Crippen LogP contribution is 2.05. The van der Waals surface area contributed by atoms with Crippen molar-refractivity contribution in [2.75, 3.05) is 29.8 Å². The lowest BCUT2D eigenvalue weighted by Crippen LogP contribution is -2.32. The Bertz CT molecular complexity index is 2220. The van der Waals surface area contributed by atoms with Crippen molar-refractivity contribution in [2.24, 2.45) is 29.6 Å². The molecule has 0 aliphatic rings. The average Bonchev–Trinajstić information content (AvgIpc) is 3.81. The number of hydrogen-bond acceptors (Lipinski definition) is 18. The standard InChI is InChI=1S/C7H13NO2.C7H14O3S.C6H11N3.C6H13NO3S.C6H12O3S.C5H9N3.C5H11NO3S.CH4/c1-5(2)4-7(10)8-6(3)9;1-6(2)4-11(9,10)5-7(3)8;1-5(2)3-6-7-4-8-9-6;1-5(2)4-6(8)7-11(3,9)10;1-5(2)10(8,9)4-6(3)7;1-4(2)5-6-3-7-8-5;1-4(2)5(7)6-10(3,8)9;/h5H,4H2,1-3H3,(H,8,9,10);6H,4-5H2,1-3H3;4-5H,3H2,1-2H3,(H,7,8,9);5H,4H2,1-3H3,(H,7,8);5H,4H2,1-3H3;3-4H,1-2H3,(H,6,7,8);4H,1-3H3,(H,6,7);1H4. The number of amides is 4.